The van der Waals surface area contributed by atoms with Crippen LogP contribution in [0.1, 0.15) is 43.0 Å². The van der Waals surface area contributed by atoms with Crippen LogP contribution in [-0.4, -0.2) is 31.8 Å². The molecule has 1 aromatic rings. The number of ether oxygens (including phenoxy) is 2. The van der Waals surface area contributed by atoms with Gasteiger partial charge in [0.25, 0.3) is 0 Å². The van der Waals surface area contributed by atoms with Gasteiger partial charge in [-0.15, -0.1) is 0 Å². The summed E-state index contributed by atoms with van der Waals surface area (Å²) in [5.74, 6) is -0.417. The van der Waals surface area contributed by atoms with E-state index < -0.39 is 5.97 Å². The van der Waals surface area contributed by atoms with Crippen LogP contribution >= 0.6 is 11.6 Å². The number of hydrogen-bond donors (Lipinski definition) is 1. The lowest BCUT2D eigenvalue weighted by atomic mass is 9.99. The number of carbonyl (C=O) groups excluding carboxylic acids is 1. The normalized spacial score (nSPS) is 21.9. The number of nitrogens with one attached hydrogen (secondary N) is 1. The maximum absolute atomic E-state index is 11.7. The van der Waals surface area contributed by atoms with Crippen LogP contribution in [0.5, 0.6) is 0 Å². The Morgan fingerprint density at radius 1 is 1.52 bits per heavy atom. The third-order valence-electron chi connectivity index (χ3n) is 3.72. The van der Waals surface area contributed by atoms with Crippen LogP contribution in [0.4, 0.5) is 5.69 Å². The van der Waals surface area contributed by atoms with E-state index in [1.807, 2.05) is 6.07 Å². The highest BCUT2D eigenvalue weighted by Crippen LogP contribution is 2.25. The number of rotatable bonds is 5. The number of anilines is 1. The Labute approximate surface area is 130 Å². The van der Waals surface area contributed by atoms with Gasteiger partial charge in [0.2, 0.25) is 0 Å². The molecule has 1 aliphatic rings. The van der Waals surface area contributed by atoms with Crippen molar-refractivity contribution in [2.75, 3.05) is 19.0 Å². The van der Waals surface area contributed by atoms with Crippen molar-refractivity contribution in [1.82, 2.24) is 0 Å². The van der Waals surface area contributed by atoms with Crippen molar-refractivity contribution in [3.63, 3.8) is 0 Å². The minimum atomic E-state index is -0.417. The van der Waals surface area contributed by atoms with Crippen molar-refractivity contribution in [2.45, 2.75) is 44.8 Å². The number of benzene rings is 1. The summed E-state index contributed by atoms with van der Waals surface area (Å²) in [6.45, 7) is 2.95. The minimum Gasteiger partial charge on any atom is -0.465 e. The maximum atomic E-state index is 11.7. The fraction of sp³-hybridized carbons (Fsp3) is 0.562. The number of carbonyl (C=O) groups is 1. The minimum absolute atomic E-state index is 0.327. The zero-order valence-electron chi connectivity index (χ0n) is 12.5. The van der Waals surface area contributed by atoms with Crippen molar-refractivity contribution in [2.24, 2.45) is 0 Å². The van der Waals surface area contributed by atoms with E-state index in [1.165, 1.54) is 7.11 Å². The Bertz CT molecular complexity index is 490. The molecule has 116 valence electrons. The summed E-state index contributed by atoms with van der Waals surface area (Å²) in [6.07, 6.45) is 4.51. The standard InChI is InChI=1S/C16H22ClNO3/c1-3-4-13-9-12(7-8-21-13)18-11-5-6-15(17)14(10-11)16(19)20-2/h5-6,10,12-13,18H,3-4,7-9H2,1-2H3. The van der Waals surface area contributed by atoms with Crippen LogP contribution in [-0.2, 0) is 9.47 Å². The molecule has 0 radical (unpaired) electrons. The molecule has 0 bridgehead atoms. The van der Waals surface area contributed by atoms with Crippen molar-refractivity contribution in [1.29, 1.82) is 0 Å². The van der Waals surface area contributed by atoms with Gasteiger partial charge < -0.3 is 14.8 Å². The summed E-state index contributed by atoms with van der Waals surface area (Å²) in [5.41, 5.74) is 1.28. The van der Waals surface area contributed by atoms with E-state index in [-0.39, 0.29) is 0 Å². The van der Waals surface area contributed by atoms with Crippen molar-refractivity contribution < 1.29 is 14.3 Å². The molecule has 2 atom stereocenters. The summed E-state index contributed by atoms with van der Waals surface area (Å²) < 4.78 is 10.5. The molecular weight excluding hydrogens is 290 g/mol. The number of hydrogen-bond acceptors (Lipinski definition) is 4. The summed E-state index contributed by atoms with van der Waals surface area (Å²) in [7, 11) is 1.35. The monoisotopic (exact) mass is 311 g/mol. The highest BCUT2D eigenvalue weighted by molar-refractivity contribution is 6.33. The Morgan fingerprint density at radius 2 is 2.33 bits per heavy atom. The fourth-order valence-corrected chi connectivity index (χ4v) is 2.85. The largest absolute Gasteiger partial charge is 0.465 e. The van der Waals surface area contributed by atoms with Gasteiger partial charge in [-0.1, -0.05) is 24.9 Å². The van der Waals surface area contributed by atoms with Gasteiger partial charge >= 0.3 is 5.97 Å². The first kappa shape index (κ1) is 16.1. The molecular formula is C16H22ClNO3. The molecule has 0 saturated carbocycles. The second-order valence-corrected chi connectivity index (χ2v) is 5.74. The van der Waals surface area contributed by atoms with Crippen LogP contribution in [0.2, 0.25) is 5.02 Å². The van der Waals surface area contributed by atoms with Crippen molar-refractivity contribution >= 4 is 23.3 Å². The van der Waals surface area contributed by atoms with Crippen LogP contribution in [0.15, 0.2) is 18.2 Å². The lowest BCUT2D eigenvalue weighted by molar-refractivity contribution is 0.00597. The lowest BCUT2D eigenvalue weighted by Gasteiger charge is -2.30. The molecule has 5 heteroatoms. The molecule has 1 heterocycles. The van der Waals surface area contributed by atoms with E-state index in [1.54, 1.807) is 12.1 Å². The molecule has 1 N–H and O–H groups in total. The maximum Gasteiger partial charge on any atom is 0.339 e. The zero-order chi connectivity index (χ0) is 15.2. The van der Waals surface area contributed by atoms with Crippen LogP contribution < -0.4 is 5.32 Å². The SMILES string of the molecule is CCCC1CC(Nc2ccc(Cl)c(C(=O)OC)c2)CCO1. The molecule has 1 aromatic carbocycles. The molecule has 2 unspecified atom stereocenters. The van der Waals surface area contributed by atoms with E-state index in [9.17, 15) is 4.79 Å². The van der Waals surface area contributed by atoms with E-state index >= 15 is 0 Å². The van der Waals surface area contributed by atoms with Gasteiger partial charge in [-0.3, -0.25) is 0 Å². The van der Waals surface area contributed by atoms with E-state index in [0.29, 0.717) is 22.7 Å². The summed E-state index contributed by atoms with van der Waals surface area (Å²) in [4.78, 5) is 11.7. The quantitative estimate of drug-likeness (QED) is 0.838. The Hall–Kier alpha value is -1.26. The van der Waals surface area contributed by atoms with Crippen LogP contribution in [0.25, 0.3) is 0 Å². The van der Waals surface area contributed by atoms with Gasteiger partial charge in [0, 0.05) is 18.3 Å². The highest BCUT2D eigenvalue weighted by Gasteiger charge is 2.22. The van der Waals surface area contributed by atoms with Gasteiger partial charge in [0.05, 0.1) is 23.8 Å². The van der Waals surface area contributed by atoms with Gasteiger partial charge in [-0.2, -0.15) is 0 Å². The van der Waals surface area contributed by atoms with Crippen molar-refractivity contribution in [3.05, 3.63) is 28.8 Å². The third-order valence-corrected chi connectivity index (χ3v) is 4.05. The highest BCUT2D eigenvalue weighted by atomic mass is 35.5. The molecule has 4 nitrogen and oxygen atoms in total. The molecule has 0 aromatic heterocycles. The van der Waals surface area contributed by atoms with Gasteiger partial charge in [0.1, 0.15) is 0 Å². The molecule has 21 heavy (non-hydrogen) atoms. The third kappa shape index (κ3) is 4.35. The van der Waals surface area contributed by atoms with Crippen LogP contribution in [0, 0.1) is 0 Å². The Kier molecular flexibility index (Phi) is 5.88. The molecule has 2 rings (SSSR count). The lowest BCUT2D eigenvalue weighted by Crippen LogP contribution is -2.34. The van der Waals surface area contributed by atoms with Gasteiger partial charge in [0.15, 0.2) is 0 Å². The van der Waals surface area contributed by atoms with Gasteiger partial charge in [-0.05, 0) is 37.5 Å². The predicted molar refractivity (Wildman–Crippen MR) is 84.1 cm³/mol. The van der Waals surface area contributed by atoms with Crippen molar-refractivity contribution in [3.8, 4) is 0 Å². The van der Waals surface area contributed by atoms with Gasteiger partial charge in [-0.25, -0.2) is 4.79 Å². The molecule has 1 aliphatic heterocycles. The number of halogens is 1. The first-order valence-corrected chi connectivity index (χ1v) is 7.77. The molecule has 1 fully saturated rings. The Morgan fingerprint density at radius 3 is 3.05 bits per heavy atom. The molecule has 0 aliphatic carbocycles. The first-order valence-electron chi connectivity index (χ1n) is 7.40. The molecule has 0 amide bonds. The second kappa shape index (κ2) is 7.66. The van der Waals surface area contributed by atoms with Crippen LogP contribution in [0.3, 0.4) is 0 Å². The fourth-order valence-electron chi connectivity index (χ4n) is 2.65. The average Bonchev–Trinajstić information content (AvgIpc) is 2.49. The predicted octanol–water partition coefficient (Wildman–Crippen LogP) is 3.89. The smallest absolute Gasteiger partial charge is 0.339 e. The Balaban J connectivity index is 2.04. The number of esters is 1. The summed E-state index contributed by atoms with van der Waals surface area (Å²) >= 11 is 6.03. The van der Waals surface area contributed by atoms with E-state index in [2.05, 4.69) is 12.2 Å². The first-order chi connectivity index (χ1) is 10.1. The second-order valence-electron chi connectivity index (χ2n) is 5.33. The topological polar surface area (TPSA) is 47.6 Å². The summed E-state index contributed by atoms with van der Waals surface area (Å²) in [5, 5.41) is 3.88. The molecule has 1 saturated heterocycles. The average molecular weight is 312 g/mol. The van der Waals surface area contributed by atoms with E-state index in [4.69, 9.17) is 21.1 Å². The molecule has 0 spiro atoms. The zero-order valence-corrected chi connectivity index (χ0v) is 13.3. The van der Waals surface area contributed by atoms with E-state index in [0.717, 1.165) is 38.0 Å². The number of methoxy groups -OCH3 is 1. The summed E-state index contributed by atoms with van der Waals surface area (Å²) in [6, 6.07) is 5.72.